The van der Waals surface area contributed by atoms with Crippen LogP contribution in [0.25, 0.3) is 0 Å². The van der Waals surface area contributed by atoms with Crippen molar-refractivity contribution < 1.29 is 5.11 Å². The van der Waals surface area contributed by atoms with Crippen LogP contribution >= 0.6 is 0 Å². The number of aliphatic hydroxyl groups is 1. The van der Waals surface area contributed by atoms with E-state index < -0.39 is 5.60 Å². The molecule has 0 atom stereocenters. The number of hydrogen-bond donors (Lipinski definition) is 1. The fraction of sp³-hybridized carbons (Fsp3) is 1.00. The van der Waals surface area contributed by atoms with Crippen LogP contribution in [-0.2, 0) is 0 Å². The highest BCUT2D eigenvalue weighted by Gasteiger charge is 2.13. The summed E-state index contributed by atoms with van der Waals surface area (Å²) in [6.07, 6.45) is 2.06. The Balaban J connectivity index is 3.58. The minimum Gasteiger partial charge on any atom is -0.390 e. The Morgan fingerprint density at radius 3 is 2.08 bits per heavy atom. The summed E-state index contributed by atoms with van der Waals surface area (Å²) < 4.78 is 0. The Labute approximate surface area is 76.6 Å². The summed E-state index contributed by atoms with van der Waals surface area (Å²) in [5.74, 6) is 0. The Hall–Kier alpha value is -0.0800. The van der Waals surface area contributed by atoms with Crippen molar-refractivity contribution in [3.05, 3.63) is 0 Å². The van der Waals surface area contributed by atoms with E-state index in [4.69, 9.17) is 0 Å². The molecule has 0 aromatic rings. The predicted molar refractivity (Wildman–Crippen MR) is 53.3 cm³/mol. The second-order valence-electron chi connectivity index (χ2n) is 4.00. The molecular formula is C10H23NO. The standard InChI is InChI=1S/C10H23NO/c1-5-8-11(6-2)9-7-10(3,4)12/h12H,5-9H2,1-4H3. The van der Waals surface area contributed by atoms with E-state index >= 15 is 0 Å². The van der Waals surface area contributed by atoms with Crippen molar-refractivity contribution in [2.24, 2.45) is 0 Å². The van der Waals surface area contributed by atoms with Crippen molar-refractivity contribution in [1.29, 1.82) is 0 Å². The molecular weight excluding hydrogens is 150 g/mol. The Bertz CT molecular complexity index is 107. The van der Waals surface area contributed by atoms with Crippen molar-refractivity contribution in [2.75, 3.05) is 19.6 Å². The molecule has 0 heterocycles. The molecule has 0 radical (unpaired) electrons. The van der Waals surface area contributed by atoms with Gasteiger partial charge in [-0.15, -0.1) is 0 Å². The van der Waals surface area contributed by atoms with Crippen LogP contribution in [0.1, 0.15) is 40.5 Å². The molecule has 0 aliphatic rings. The zero-order valence-electron chi connectivity index (χ0n) is 8.93. The van der Waals surface area contributed by atoms with E-state index in [1.165, 1.54) is 6.42 Å². The van der Waals surface area contributed by atoms with Crippen LogP contribution in [0.15, 0.2) is 0 Å². The van der Waals surface area contributed by atoms with Gasteiger partial charge in [0.15, 0.2) is 0 Å². The number of nitrogens with zero attached hydrogens (tertiary/aromatic N) is 1. The lowest BCUT2D eigenvalue weighted by Gasteiger charge is -2.24. The topological polar surface area (TPSA) is 23.5 Å². The molecule has 2 heteroatoms. The summed E-state index contributed by atoms with van der Waals surface area (Å²) in [4.78, 5) is 2.37. The summed E-state index contributed by atoms with van der Waals surface area (Å²) in [7, 11) is 0. The number of hydrogen-bond acceptors (Lipinski definition) is 2. The predicted octanol–water partition coefficient (Wildman–Crippen LogP) is 1.88. The molecule has 0 aromatic heterocycles. The van der Waals surface area contributed by atoms with Gasteiger partial charge in [0.1, 0.15) is 0 Å². The first-order valence-electron chi connectivity index (χ1n) is 4.94. The van der Waals surface area contributed by atoms with E-state index in [-0.39, 0.29) is 0 Å². The Morgan fingerprint density at radius 1 is 1.17 bits per heavy atom. The maximum atomic E-state index is 9.50. The van der Waals surface area contributed by atoms with Gasteiger partial charge in [-0.05, 0) is 39.8 Å². The van der Waals surface area contributed by atoms with Gasteiger partial charge in [-0.1, -0.05) is 13.8 Å². The van der Waals surface area contributed by atoms with Crippen molar-refractivity contribution in [2.45, 2.75) is 46.1 Å². The van der Waals surface area contributed by atoms with E-state index in [2.05, 4.69) is 18.7 Å². The van der Waals surface area contributed by atoms with Crippen LogP contribution in [0.3, 0.4) is 0 Å². The minimum absolute atomic E-state index is 0.513. The fourth-order valence-electron chi connectivity index (χ4n) is 1.18. The second-order valence-corrected chi connectivity index (χ2v) is 4.00. The third-order valence-corrected chi connectivity index (χ3v) is 2.03. The minimum atomic E-state index is -0.513. The molecule has 1 N–H and O–H groups in total. The monoisotopic (exact) mass is 173 g/mol. The van der Waals surface area contributed by atoms with Gasteiger partial charge in [0, 0.05) is 6.54 Å². The van der Waals surface area contributed by atoms with Crippen molar-refractivity contribution in [1.82, 2.24) is 4.90 Å². The summed E-state index contributed by atoms with van der Waals surface area (Å²) in [5, 5.41) is 9.50. The van der Waals surface area contributed by atoms with E-state index in [9.17, 15) is 5.11 Å². The van der Waals surface area contributed by atoms with E-state index in [1.807, 2.05) is 13.8 Å². The van der Waals surface area contributed by atoms with E-state index in [0.29, 0.717) is 0 Å². The summed E-state index contributed by atoms with van der Waals surface area (Å²) in [6, 6.07) is 0. The smallest absolute Gasteiger partial charge is 0.0603 e. The Morgan fingerprint density at radius 2 is 1.75 bits per heavy atom. The lowest BCUT2D eigenvalue weighted by molar-refractivity contribution is 0.0583. The van der Waals surface area contributed by atoms with Gasteiger partial charge in [-0.3, -0.25) is 0 Å². The van der Waals surface area contributed by atoms with Crippen molar-refractivity contribution in [3.63, 3.8) is 0 Å². The molecule has 0 amide bonds. The molecule has 0 saturated carbocycles. The highest BCUT2D eigenvalue weighted by Crippen LogP contribution is 2.08. The van der Waals surface area contributed by atoms with Crippen LogP contribution in [0.2, 0.25) is 0 Å². The van der Waals surface area contributed by atoms with Gasteiger partial charge in [-0.25, -0.2) is 0 Å². The molecule has 12 heavy (non-hydrogen) atoms. The average Bonchev–Trinajstić information content (AvgIpc) is 1.96. The maximum absolute atomic E-state index is 9.50. The van der Waals surface area contributed by atoms with Gasteiger partial charge >= 0.3 is 0 Å². The second kappa shape index (κ2) is 5.55. The lowest BCUT2D eigenvalue weighted by Crippen LogP contribution is -2.31. The molecule has 0 bridgehead atoms. The summed E-state index contributed by atoms with van der Waals surface area (Å²) in [5.41, 5.74) is -0.513. The van der Waals surface area contributed by atoms with Crippen LogP contribution in [0, 0.1) is 0 Å². The van der Waals surface area contributed by atoms with Gasteiger partial charge in [-0.2, -0.15) is 0 Å². The van der Waals surface area contributed by atoms with Crippen LogP contribution in [0.4, 0.5) is 0 Å². The Kier molecular flexibility index (Phi) is 5.51. The summed E-state index contributed by atoms with van der Waals surface area (Å²) >= 11 is 0. The first kappa shape index (κ1) is 11.9. The SMILES string of the molecule is CCCN(CC)CCC(C)(C)O. The van der Waals surface area contributed by atoms with Crippen LogP contribution in [-0.4, -0.2) is 35.2 Å². The average molecular weight is 173 g/mol. The molecule has 74 valence electrons. The van der Waals surface area contributed by atoms with Gasteiger partial charge in [0.05, 0.1) is 5.60 Å². The van der Waals surface area contributed by atoms with Gasteiger partial charge in [0.2, 0.25) is 0 Å². The highest BCUT2D eigenvalue weighted by molar-refractivity contribution is 4.67. The first-order chi connectivity index (χ1) is 5.49. The third kappa shape index (κ3) is 6.62. The zero-order chi connectivity index (χ0) is 9.61. The fourth-order valence-corrected chi connectivity index (χ4v) is 1.18. The third-order valence-electron chi connectivity index (χ3n) is 2.03. The number of rotatable bonds is 6. The molecule has 2 nitrogen and oxygen atoms in total. The maximum Gasteiger partial charge on any atom is 0.0603 e. The molecule has 0 fully saturated rings. The largest absolute Gasteiger partial charge is 0.390 e. The molecule has 0 rings (SSSR count). The van der Waals surface area contributed by atoms with E-state index in [1.54, 1.807) is 0 Å². The van der Waals surface area contributed by atoms with Crippen molar-refractivity contribution >= 4 is 0 Å². The summed E-state index contributed by atoms with van der Waals surface area (Å²) in [6.45, 7) is 11.3. The molecule has 0 aliphatic carbocycles. The lowest BCUT2D eigenvalue weighted by atomic mass is 10.1. The molecule has 0 spiro atoms. The van der Waals surface area contributed by atoms with Crippen molar-refractivity contribution in [3.8, 4) is 0 Å². The van der Waals surface area contributed by atoms with Crippen LogP contribution in [0.5, 0.6) is 0 Å². The highest BCUT2D eigenvalue weighted by atomic mass is 16.3. The van der Waals surface area contributed by atoms with E-state index in [0.717, 1.165) is 26.1 Å². The van der Waals surface area contributed by atoms with Gasteiger partial charge in [0.25, 0.3) is 0 Å². The molecule has 0 aromatic carbocycles. The van der Waals surface area contributed by atoms with Crippen LogP contribution < -0.4 is 0 Å². The first-order valence-corrected chi connectivity index (χ1v) is 4.94. The molecule has 0 saturated heterocycles. The zero-order valence-corrected chi connectivity index (χ0v) is 8.93. The quantitative estimate of drug-likeness (QED) is 0.663. The molecule has 0 aliphatic heterocycles. The van der Waals surface area contributed by atoms with Gasteiger partial charge < -0.3 is 10.0 Å². The normalized spacial score (nSPS) is 12.5. The molecule has 0 unspecified atom stereocenters.